The summed E-state index contributed by atoms with van der Waals surface area (Å²) in [4.78, 5) is 2.07. The van der Waals surface area contributed by atoms with Gasteiger partial charge < -0.3 is 15.4 Å². The highest BCUT2D eigenvalue weighted by molar-refractivity contribution is 5.49. The molecule has 0 amide bonds. The molecule has 90 valence electrons. The van der Waals surface area contributed by atoms with Gasteiger partial charge >= 0.3 is 0 Å². The molecule has 1 atom stereocenters. The molecule has 1 aromatic rings. The van der Waals surface area contributed by atoms with Gasteiger partial charge in [0.15, 0.2) is 0 Å². The fourth-order valence-corrected chi connectivity index (χ4v) is 1.53. The summed E-state index contributed by atoms with van der Waals surface area (Å²) < 4.78 is 5.82. The Bertz CT molecular complexity index is 313. The van der Waals surface area contributed by atoms with Gasteiger partial charge in [-0.2, -0.15) is 0 Å². The fourth-order valence-electron chi connectivity index (χ4n) is 1.53. The number of rotatable bonds is 6. The Hall–Kier alpha value is -1.22. The molecule has 0 saturated carbocycles. The van der Waals surface area contributed by atoms with Crippen LogP contribution in [0.25, 0.3) is 0 Å². The second kappa shape index (κ2) is 6.38. The van der Waals surface area contributed by atoms with Gasteiger partial charge in [-0.3, -0.25) is 0 Å². The lowest BCUT2D eigenvalue weighted by atomic mass is 10.2. The van der Waals surface area contributed by atoms with Gasteiger partial charge in [0.2, 0.25) is 0 Å². The smallest absolute Gasteiger partial charge is 0.121 e. The highest BCUT2D eigenvalue weighted by Gasteiger charge is 2.04. The minimum absolute atomic E-state index is 0.223. The SMILES string of the molecule is CC(CCCN)Oc1cccc(N(C)C)c1. The summed E-state index contributed by atoms with van der Waals surface area (Å²) in [5.74, 6) is 0.927. The maximum atomic E-state index is 5.82. The van der Waals surface area contributed by atoms with Gasteiger partial charge in [0.05, 0.1) is 6.10 Å². The van der Waals surface area contributed by atoms with E-state index in [1.165, 1.54) is 0 Å². The minimum atomic E-state index is 0.223. The fraction of sp³-hybridized carbons (Fsp3) is 0.538. The van der Waals surface area contributed by atoms with Crippen LogP contribution < -0.4 is 15.4 Å². The molecule has 0 heterocycles. The van der Waals surface area contributed by atoms with Crippen molar-refractivity contribution in [2.75, 3.05) is 25.5 Å². The number of nitrogens with zero attached hydrogens (tertiary/aromatic N) is 1. The Labute approximate surface area is 98.2 Å². The van der Waals surface area contributed by atoms with Crippen LogP contribution in [0.2, 0.25) is 0 Å². The number of anilines is 1. The third-order valence-corrected chi connectivity index (χ3v) is 2.49. The van der Waals surface area contributed by atoms with Crippen LogP contribution in [0.5, 0.6) is 5.75 Å². The van der Waals surface area contributed by atoms with E-state index in [9.17, 15) is 0 Å². The molecule has 16 heavy (non-hydrogen) atoms. The van der Waals surface area contributed by atoms with Crippen LogP contribution in [0.1, 0.15) is 19.8 Å². The predicted molar refractivity (Wildman–Crippen MR) is 69.1 cm³/mol. The Morgan fingerprint density at radius 1 is 1.38 bits per heavy atom. The van der Waals surface area contributed by atoms with Crippen LogP contribution in [-0.4, -0.2) is 26.7 Å². The van der Waals surface area contributed by atoms with Gasteiger partial charge in [-0.1, -0.05) is 6.07 Å². The van der Waals surface area contributed by atoms with Crippen LogP contribution >= 0.6 is 0 Å². The molecule has 1 unspecified atom stereocenters. The third kappa shape index (κ3) is 4.11. The van der Waals surface area contributed by atoms with Crippen LogP contribution in [0.3, 0.4) is 0 Å². The first kappa shape index (κ1) is 12.8. The Kier molecular flexibility index (Phi) is 5.12. The van der Waals surface area contributed by atoms with Gasteiger partial charge in [0, 0.05) is 25.8 Å². The summed E-state index contributed by atoms with van der Waals surface area (Å²) in [5.41, 5.74) is 6.63. The maximum Gasteiger partial charge on any atom is 0.121 e. The van der Waals surface area contributed by atoms with Crippen molar-refractivity contribution in [3.8, 4) is 5.75 Å². The largest absolute Gasteiger partial charge is 0.491 e. The van der Waals surface area contributed by atoms with Crippen molar-refractivity contribution in [3.05, 3.63) is 24.3 Å². The van der Waals surface area contributed by atoms with E-state index in [1.807, 2.05) is 26.2 Å². The molecule has 0 bridgehead atoms. The van der Waals surface area contributed by atoms with Gasteiger partial charge in [0.25, 0.3) is 0 Å². The molecule has 1 aromatic carbocycles. The van der Waals surface area contributed by atoms with Crippen molar-refractivity contribution < 1.29 is 4.74 Å². The molecule has 1 rings (SSSR count). The lowest BCUT2D eigenvalue weighted by Gasteiger charge is -2.17. The molecule has 0 aliphatic rings. The second-order valence-electron chi connectivity index (χ2n) is 4.25. The lowest BCUT2D eigenvalue weighted by Crippen LogP contribution is -2.14. The van der Waals surface area contributed by atoms with E-state index < -0.39 is 0 Å². The second-order valence-corrected chi connectivity index (χ2v) is 4.25. The van der Waals surface area contributed by atoms with Gasteiger partial charge in [-0.25, -0.2) is 0 Å². The first-order valence-electron chi connectivity index (χ1n) is 5.77. The maximum absolute atomic E-state index is 5.82. The normalized spacial score (nSPS) is 12.2. The lowest BCUT2D eigenvalue weighted by molar-refractivity contribution is 0.209. The molecule has 0 aliphatic carbocycles. The Balaban J connectivity index is 2.56. The van der Waals surface area contributed by atoms with Crippen molar-refractivity contribution in [2.24, 2.45) is 5.73 Å². The standard InChI is InChI=1S/C13H22N2O/c1-11(6-5-9-14)16-13-8-4-7-12(10-13)15(2)3/h4,7-8,10-11H,5-6,9,14H2,1-3H3. The number of nitrogens with two attached hydrogens (primary N) is 1. The number of hydrogen-bond donors (Lipinski definition) is 1. The molecule has 2 N–H and O–H groups in total. The van der Waals surface area contributed by atoms with E-state index in [4.69, 9.17) is 10.5 Å². The van der Waals surface area contributed by atoms with Crippen LogP contribution in [0, 0.1) is 0 Å². The monoisotopic (exact) mass is 222 g/mol. The van der Waals surface area contributed by atoms with Crippen molar-refractivity contribution in [1.82, 2.24) is 0 Å². The summed E-state index contributed by atoms with van der Waals surface area (Å²) in [6, 6.07) is 8.13. The quantitative estimate of drug-likeness (QED) is 0.802. The molecular formula is C13H22N2O. The van der Waals surface area contributed by atoms with Crippen LogP contribution in [-0.2, 0) is 0 Å². The number of benzene rings is 1. The zero-order valence-electron chi connectivity index (χ0n) is 10.4. The Morgan fingerprint density at radius 2 is 2.12 bits per heavy atom. The van der Waals surface area contributed by atoms with E-state index in [-0.39, 0.29) is 6.10 Å². The van der Waals surface area contributed by atoms with Crippen LogP contribution in [0.4, 0.5) is 5.69 Å². The van der Waals surface area contributed by atoms with E-state index in [0.29, 0.717) is 0 Å². The molecule has 0 aliphatic heterocycles. The average molecular weight is 222 g/mol. The minimum Gasteiger partial charge on any atom is -0.491 e. The summed E-state index contributed by atoms with van der Waals surface area (Å²) in [7, 11) is 4.05. The van der Waals surface area contributed by atoms with E-state index in [1.54, 1.807) is 0 Å². The molecule has 0 saturated heterocycles. The third-order valence-electron chi connectivity index (χ3n) is 2.49. The topological polar surface area (TPSA) is 38.5 Å². The Morgan fingerprint density at radius 3 is 2.75 bits per heavy atom. The molecule has 3 heteroatoms. The summed E-state index contributed by atoms with van der Waals surface area (Å²) in [6.07, 6.45) is 2.23. The van der Waals surface area contributed by atoms with Crippen molar-refractivity contribution in [2.45, 2.75) is 25.9 Å². The van der Waals surface area contributed by atoms with Gasteiger partial charge in [0.1, 0.15) is 5.75 Å². The molecule has 0 aromatic heterocycles. The van der Waals surface area contributed by atoms with E-state index in [0.717, 1.165) is 30.8 Å². The van der Waals surface area contributed by atoms with E-state index >= 15 is 0 Å². The van der Waals surface area contributed by atoms with Gasteiger partial charge in [-0.15, -0.1) is 0 Å². The summed E-state index contributed by atoms with van der Waals surface area (Å²) >= 11 is 0. The highest BCUT2D eigenvalue weighted by Crippen LogP contribution is 2.21. The summed E-state index contributed by atoms with van der Waals surface area (Å²) in [6.45, 7) is 2.81. The summed E-state index contributed by atoms with van der Waals surface area (Å²) in [5, 5.41) is 0. The molecular weight excluding hydrogens is 200 g/mol. The van der Waals surface area contributed by atoms with Crippen molar-refractivity contribution in [1.29, 1.82) is 0 Å². The highest BCUT2D eigenvalue weighted by atomic mass is 16.5. The first-order valence-corrected chi connectivity index (χ1v) is 5.77. The van der Waals surface area contributed by atoms with Gasteiger partial charge in [-0.05, 0) is 38.4 Å². The number of ether oxygens (including phenoxy) is 1. The zero-order chi connectivity index (χ0) is 12.0. The average Bonchev–Trinajstić information content (AvgIpc) is 2.26. The van der Waals surface area contributed by atoms with E-state index in [2.05, 4.69) is 24.0 Å². The molecule has 3 nitrogen and oxygen atoms in total. The molecule has 0 spiro atoms. The molecule has 0 fully saturated rings. The predicted octanol–water partition coefficient (Wildman–Crippen LogP) is 2.26. The molecule has 0 radical (unpaired) electrons. The number of hydrogen-bond acceptors (Lipinski definition) is 3. The van der Waals surface area contributed by atoms with Crippen molar-refractivity contribution in [3.63, 3.8) is 0 Å². The zero-order valence-corrected chi connectivity index (χ0v) is 10.4. The van der Waals surface area contributed by atoms with Crippen LogP contribution in [0.15, 0.2) is 24.3 Å². The first-order chi connectivity index (χ1) is 7.63. The van der Waals surface area contributed by atoms with Crippen molar-refractivity contribution >= 4 is 5.69 Å².